The Kier molecular flexibility index (Phi) is 2.88. The van der Waals surface area contributed by atoms with Gasteiger partial charge in [0.25, 0.3) is 0 Å². The van der Waals surface area contributed by atoms with Gasteiger partial charge in [-0.05, 0) is 45.4 Å². The van der Waals surface area contributed by atoms with Crippen molar-refractivity contribution in [3.63, 3.8) is 0 Å². The van der Waals surface area contributed by atoms with Gasteiger partial charge in [-0.3, -0.25) is 0 Å². The lowest BCUT2D eigenvalue weighted by Gasteiger charge is -2.43. The average Bonchev–Trinajstić information content (AvgIpc) is 2.58. The summed E-state index contributed by atoms with van der Waals surface area (Å²) in [7, 11) is 0. The highest BCUT2D eigenvalue weighted by atomic mass is 16.6. The van der Waals surface area contributed by atoms with E-state index in [1.165, 1.54) is 12.8 Å². The Labute approximate surface area is 103 Å². The van der Waals surface area contributed by atoms with Crippen LogP contribution in [0.3, 0.4) is 0 Å². The van der Waals surface area contributed by atoms with Gasteiger partial charge in [0, 0.05) is 12.3 Å². The van der Waals surface area contributed by atoms with Crippen molar-refractivity contribution in [2.24, 2.45) is 5.92 Å². The van der Waals surface area contributed by atoms with Gasteiger partial charge in [-0.15, -0.1) is 0 Å². The third kappa shape index (κ3) is 1.98. The molecule has 2 saturated heterocycles. The van der Waals surface area contributed by atoms with Crippen molar-refractivity contribution in [2.45, 2.75) is 75.8 Å². The number of fused-ring (bicyclic) bond motifs is 1. The van der Waals surface area contributed by atoms with Gasteiger partial charge in [-0.25, -0.2) is 0 Å². The van der Waals surface area contributed by atoms with Gasteiger partial charge in [0.1, 0.15) is 0 Å². The van der Waals surface area contributed by atoms with Crippen LogP contribution in [0, 0.1) is 17.2 Å². The lowest BCUT2D eigenvalue weighted by molar-refractivity contribution is -0.168. The summed E-state index contributed by atoms with van der Waals surface area (Å²) in [6, 6.07) is 2.31. The smallest absolute Gasteiger partial charge is 0.0971 e. The lowest BCUT2D eigenvalue weighted by atomic mass is 9.78. The number of hydrogen-bond donors (Lipinski definition) is 0. The van der Waals surface area contributed by atoms with Crippen LogP contribution in [-0.2, 0) is 9.47 Å². The van der Waals surface area contributed by atoms with Crippen molar-refractivity contribution in [3.05, 3.63) is 0 Å². The Hall–Kier alpha value is -0.590. The molecule has 2 aliphatic heterocycles. The zero-order valence-corrected chi connectivity index (χ0v) is 10.5. The molecule has 2 bridgehead atoms. The molecule has 1 saturated carbocycles. The fraction of sp³-hybridized carbons (Fsp3) is 0.929. The fourth-order valence-corrected chi connectivity index (χ4v) is 3.84. The molecule has 0 aromatic rings. The summed E-state index contributed by atoms with van der Waals surface area (Å²) in [5.41, 5.74) is 0.0149. The molecule has 0 aromatic carbocycles. The van der Waals surface area contributed by atoms with E-state index >= 15 is 0 Å². The summed E-state index contributed by atoms with van der Waals surface area (Å²) in [6.45, 7) is 1.99. The third-order valence-corrected chi connectivity index (χ3v) is 4.63. The van der Waals surface area contributed by atoms with Gasteiger partial charge in [0.15, 0.2) is 0 Å². The van der Waals surface area contributed by atoms with Crippen molar-refractivity contribution < 1.29 is 9.47 Å². The number of ether oxygens (including phenoxy) is 2. The van der Waals surface area contributed by atoms with Crippen LogP contribution in [0.2, 0.25) is 0 Å². The molecule has 5 atom stereocenters. The predicted molar refractivity (Wildman–Crippen MR) is 63.4 cm³/mol. The second-order valence-electron chi connectivity index (χ2n) is 5.99. The van der Waals surface area contributed by atoms with E-state index in [1.807, 2.05) is 6.92 Å². The van der Waals surface area contributed by atoms with Crippen LogP contribution in [0.5, 0.6) is 0 Å². The molecule has 3 rings (SSSR count). The van der Waals surface area contributed by atoms with Crippen molar-refractivity contribution >= 4 is 0 Å². The molecule has 1 spiro atoms. The molecule has 3 fully saturated rings. The van der Waals surface area contributed by atoms with Crippen LogP contribution in [0.25, 0.3) is 0 Å². The molecule has 3 aliphatic rings. The Balaban J connectivity index is 1.69. The first-order valence-corrected chi connectivity index (χ1v) is 6.95. The summed E-state index contributed by atoms with van der Waals surface area (Å²) in [6.07, 6.45) is 8.83. The first-order chi connectivity index (χ1) is 8.22. The molecule has 2 heterocycles. The molecule has 17 heavy (non-hydrogen) atoms. The minimum Gasteiger partial charge on any atom is -0.372 e. The van der Waals surface area contributed by atoms with Gasteiger partial charge in [-0.1, -0.05) is 0 Å². The van der Waals surface area contributed by atoms with E-state index in [-0.39, 0.29) is 17.6 Å². The molecule has 0 radical (unpaired) electrons. The molecule has 1 aliphatic carbocycles. The summed E-state index contributed by atoms with van der Waals surface area (Å²) in [5, 5.41) is 8.90. The van der Waals surface area contributed by atoms with Crippen LogP contribution in [-0.4, -0.2) is 23.9 Å². The highest BCUT2D eigenvalue weighted by molar-refractivity contribution is 5.04. The van der Waals surface area contributed by atoms with Gasteiger partial charge in [0.05, 0.1) is 30.0 Å². The molecule has 3 heteroatoms. The highest BCUT2D eigenvalue weighted by Gasteiger charge is 2.54. The SMILES string of the molecule is C[C@@H](C#N)CC1CC[C@@H]2O[C@H]3CCC[C@@]2(C3)O1. The molecule has 3 nitrogen and oxygen atoms in total. The largest absolute Gasteiger partial charge is 0.372 e. The van der Waals surface area contributed by atoms with E-state index in [2.05, 4.69) is 6.07 Å². The van der Waals surface area contributed by atoms with Crippen molar-refractivity contribution in [1.82, 2.24) is 0 Å². The monoisotopic (exact) mass is 235 g/mol. The zero-order chi connectivity index (χ0) is 11.9. The molecular weight excluding hydrogens is 214 g/mol. The average molecular weight is 235 g/mol. The highest BCUT2D eigenvalue weighted by Crippen LogP contribution is 2.49. The summed E-state index contributed by atoms with van der Waals surface area (Å²) < 4.78 is 12.4. The molecule has 94 valence electrons. The summed E-state index contributed by atoms with van der Waals surface area (Å²) >= 11 is 0. The van der Waals surface area contributed by atoms with E-state index < -0.39 is 0 Å². The molecular formula is C14H21NO2. The second kappa shape index (κ2) is 4.26. The maximum Gasteiger partial charge on any atom is 0.0971 e. The van der Waals surface area contributed by atoms with Crippen LogP contribution < -0.4 is 0 Å². The molecule has 1 unspecified atom stereocenters. The van der Waals surface area contributed by atoms with Crippen LogP contribution in [0.4, 0.5) is 0 Å². The molecule has 0 amide bonds. The normalized spacial score (nSPS) is 46.0. The minimum atomic E-state index is 0.0149. The van der Waals surface area contributed by atoms with Crippen molar-refractivity contribution in [2.75, 3.05) is 0 Å². The van der Waals surface area contributed by atoms with Crippen LogP contribution in [0.15, 0.2) is 0 Å². The number of nitriles is 1. The topological polar surface area (TPSA) is 42.2 Å². The molecule has 0 N–H and O–H groups in total. The van der Waals surface area contributed by atoms with E-state index in [4.69, 9.17) is 14.7 Å². The predicted octanol–water partition coefficient (Wildman–Crippen LogP) is 2.80. The number of nitrogens with zero attached hydrogens (tertiary/aromatic N) is 1. The standard InChI is InChI=1S/C14H21NO2/c1-10(9-15)7-11-4-5-13-14(17-11)6-2-3-12(8-14)16-13/h10-13H,2-8H2,1H3/t10-,11?,12+,13+,14+/m1/s1. The Morgan fingerprint density at radius 3 is 3.12 bits per heavy atom. The van der Waals surface area contributed by atoms with Gasteiger partial charge in [-0.2, -0.15) is 5.26 Å². The van der Waals surface area contributed by atoms with E-state index in [0.29, 0.717) is 12.2 Å². The van der Waals surface area contributed by atoms with Crippen molar-refractivity contribution in [1.29, 1.82) is 5.26 Å². The lowest BCUT2D eigenvalue weighted by Crippen LogP contribution is -2.49. The fourth-order valence-electron chi connectivity index (χ4n) is 3.84. The Morgan fingerprint density at radius 2 is 2.29 bits per heavy atom. The maximum atomic E-state index is 8.90. The first-order valence-electron chi connectivity index (χ1n) is 6.95. The van der Waals surface area contributed by atoms with Crippen LogP contribution in [0.1, 0.15) is 51.9 Å². The van der Waals surface area contributed by atoms with E-state index in [1.54, 1.807) is 0 Å². The van der Waals surface area contributed by atoms with Gasteiger partial charge < -0.3 is 9.47 Å². The van der Waals surface area contributed by atoms with E-state index in [9.17, 15) is 0 Å². The van der Waals surface area contributed by atoms with Gasteiger partial charge >= 0.3 is 0 Å². The first kappa shape index (κ1) is 11.5. The Bertz CT molecular complexity index is 338. The minimum absolute atomic E-state index is 0.0149. The van der Waals surface area contributed by atoms with Crippen LogP contribution >= 0.6 is 0 Å². The number of rotatable bonds is 2. The summed E-state index contributed by atoms with van der Waals surface area (Å²) in [4.78, 5) is 0. The summed E-state index contributed by atoms with van der Waals surface area (Å²) in [5.74, 6) is 0.106. The zero-order valence-electron chi connectivity index (χ0n) is 10.5. The number of hydrogen-bond acceptors (Lipinski definition) is 3. The Morgan fingerprint density at radius 1 is 1.41 bits per heavy atom. The van der Waals surface area contributed by atoms with Gasteiger partial charge in [0.2, 0.25) is 0 Å². The van der Waals surface area contributed by atoms with Crippen molar-refractivity contribution in [3.8, 4) is 6.07 Å². The van der Waals surface area contributed by atoms with E-state index in [0.717, 1.165) is 32.1 Å². The quantitative estimate of drug-likeness (QED) is 0.739. The third-order valence-electron chi connectivity index (χ3n) is 4.63. The molecule has 0 aromatic heterocycles. The second-order valence-corrected chi connectivity index (χ2v) is 5.99. The maximum absolute atomic E-state index is 8.90.